The standard InChI is InChI=1S/C16H26N2O2/c1-13(2)8-6-4-5-7-10-17-14-9-11-18-15(12-14)16(19)20-3/h9,11-13H,4-8,10H2,1-3H3,(H,17,18). The lowest BCUT2D eigenvalue weighted by Crippen LogP contribution is -2.06. The third kappa shape index (κ3) is 6.55. The number of nitrogens with zero attached hydrogens (tertiary/aromatic N) is 1. The van der Waals surface area contributed by atoms with Crippen molar-refractivity contribution in [2.75, 3.05) is 19.0 Å². The molecule has 0 unspecified atom stereocenters. The number of hydrogen-bond donors (Lipinski definition) is 1. The fraction of sp³-hybridized carbons (Fsp3) is 0.625. The summed E-state index contributed by atoms with van der Waals surface area (Å²) in [6.45, 7) is 5.46. The number of aromatic nitrogens is 1. The van der Waals surface area contributed by atoms with Gasteiger partial charge < -0.3 is 10.1 Å². The van der Waals surface area contributed by atoms with Crippen LogP contribution in [0.3, 0.4) is 0 Å². The van der Waals surface area contributed by atoms with Crippen LogP contribution >= 0.6 is 0 Å². The van der Waals surface area contributed by atoms with Gasteiger partial charge in [0, 0.05) is 18.4 Å². The topological polar surface area (TPSA) is 51.2 Å². The van der Waals surface area contributed by atoms with Gasteiger partial charge >= 0.3 is 5.97 Å². The van der Waals surface area contributed by atoms with Crippen LogP contribution in [-0.4, -0.2) is 24.6 Å². The molecule has 4 nitrogen and oxygen atoms in total. The molecule has 20 heavy (non-hydrogen) atoms. The van der Waals surface area contributed by atoms with Crippen LogP contribution in [0.1, 0.15) is 56.4 Å². The zero-order valence-corrected chi connectivity index (χ0v) is 12.8. The number of hydrogen-bond acceptors (Lipinski definition) is 4. The molecule has 0 saturated carbocycles. The molecule has 1 heterocycles. The van der Waals surface area contributed by atoms with E-state index in [2.05, 4.69) is 28.9 Å². The Labute approximate surface area is 121 Å². The predicted octanol–water partition coefficient (Wildman–Crippen LogP) is 3.89. The van der Waals surface area contributed by atoms with Crippen molar-refractivity contribution in [2.45, 2.75) is 46.0 Å². The zero-order chi connectivity index (χ0) is 14.8. The normalized spacial score (nSPS) is 10.6. The third-order valence-corrected chi connectivity index (χ3v) is 3.19. The van der Waals surface area contributed by atoms with Crippen LogP contribution in [0.15, 0.2) is 18.3 Å². The second-order valence-electron chi connectivity index (χ2n) is 5.44. The number of anilines is 1. The quantitative estimate of drug-likeness (QED) is 0.550. The van der Waals surface area contributed by atoms with Gasteiger partial charge in [-0.3, -0.25) is 0 Å². The molecule has 0 aliphatic rings. The number of ether oxygens (including phenoxy) is 1. The van der Waals surface area contributed by atoms with Gasteiger partial charge in [-0.25, -0.2) is 9.78 Å². The molecular weight excluding hydrogens is 252 g/mol. The minimum Gasteiger partial charge on any atom is -0.464 e. The Kier molecular flexibility index (Phi) is 7.70. The lowest BCUT2D eigenvalue weighted by Gasteiger charge is -2.08. The Morgan fingerprint density at radius 2 is 2.05 bits per heavy atom. The summed E-state index contributed by atoms with van der Waals surface area (Å²) < 4.78 is 4.65. The molecule has 0 aliphatic carbocycles. The first kappa shape index (κ1) is 16.5. The van der Waals surface area contributed by atoms with Crippen molar-refractivity contribution in [3.05, 3.63) is 24.0 Å². The lowest BCUT2D eigenvalue weighted by molar-refractivity contribution is 0.0594. The molecule has 0 aromatic carbocycles. The van der Waals surface area contributed by atoms with E-state index in [1.54, 1.807) is 12.3 Å². The largest absolute Gasteiger partial charge is 0.464 e. The molecule has 1 N–H and O–H groups in total. The maximum Gasteiger partial charge on any atom is 0.356 e. The van der Waals surface area contributed by atoms with Gasteiger partial charge in [0.2, 0.25) is 0 Å². The molecule has 1 aromatic rings. The average molecular weight is 278 g/mol. The van der Waals surface area contributed by atoms with Gasteiger partial charge in [-0.1, -0.05) is 39.5 Å². The molecule has 0 radical (unpaired) electrons. The number of unbranched alkanes of at least 4 members (excludes halogenated alkanes) is 3. The summed E-state index contributed by atoms with van der Waals surface area (Å²) in [4.78, 5) is 15.3. The number of carbonyl (C=O) groups excluding carboxylic acids is 1. The van der Waals surface area contributed by atoms with E-state index in [0.717, 1.165) is 24.6 Å². The van der Waals surface area contributed by atoms with Gasteiger partial charge in [-0.15, -0.1) is 0 Å². The SMILES string of the molecule is COC(=O)c1cc(NCCCCCCC(C)C)ccn1. The number of carbonyl (C=O) groups is 1. The van der Waals surface area contributed by atoms with Crippen LogP contribution in [0, 0.1) is 5.92 Å². The van der Waals surface area contributed by atoms with E-state index >= 15 is 0 Å². The predicted molar refractivity (Wildman–Crippen MR) is 82.0 cm³/mol. The number of pyridine rings is 1. The molecule has 1 rings (SSSR count). The van der Waals surface area contributed by atoms with Crippen molar-refractivity contribution in [3.8, 4) is 0 Å². The minimum absolute atomic E-state index is 0.342. The maximum atomic E-state index is 11.4. The van der Waals surface area contributed by atoms with Gasteiger partial charge in [-0.05, 0) is 24.5 Å². The smallest absolute Gasteiger partial charge is 0.356 e. The average Bonchev–Trinajstić information content (AvgIpc) is 2.45. The van der Waals surface area contributed by atoms with E-state index in [-0.39, 0.29) is 0 Å². The Bertz CT molecular complexity index is 405. The van der Waals surface area contributed by atoms with Crippen LogP contribution in [0.2, 0.25) is 0 Å². The summed E-state index contributed by atoms with van der Waals surface area (Å²) in [5.74, 6) is 0.407. The summed E-state index contributed by atoms with van der Waals surface area (Å²) in [6, 6.07) is 3.59. The van der Waals surface area contributed by atoms with Crippen molar-refractivity contribution < 1.29 is 9.53 Å². The fourth-order valence-electron chi connectivity index (χ4n) is 2.02. The molecule has 0 spiro atoms. The molecule has 0 atom stereocenters. The fourth-order valence-corrected chi connectivity index (χ4v) is 2.02. The van der Waals surface area contributed by atoms with Crippen LogP contribution in [-0.2, 0) is 4.74 Å². The van der Waals surface area contributed by atoms with E-state index < -0.39 is 5.97 Å². The van der Waals surface area contributed by atoms with Crippen molar-refractivity contribution >= 4 is 11.7 Å². The molecule has 0 saturated heterocycles. The highest BCUT2D eigenvalue weighted by Crippen LogP contribution is 2.11. The monoisotopic (exact) mass is 278 g/mol. The second-order valence-corrected chi connectivity index (χ2v) is 5.44. The molecule has 112 valence electrons. The molecular formula is C16H26N2O2. The summed E-state index contributed by atoms with van der Waals surface area (Å²) in [7, 11) is 1.36. The highest BCUT2D eigenvalue weighted by Gasteiger charge is 2.06. The van der Waals surface area contributed by atoms with Crippen LogP contribution < -0.4 is 5.32 Å². The van der Waals surface area contributed by atoms with Gasteiger partial charge in [-0.2, -0.15) is 0 Å². The summed E-state index contributed by atoms with van der Waals surface area (Å²) in [5, 5.41) is 3.32. The van der Waals surface area contributed by atoms with Gasteiger partial charge in [0.25, 0.3) is 0 Å². The first-order valence-corrected chi connectivity index (χ1v) is 7.41. The summed E-state index contributed by atoms with van der Waals surface area (Å²) in [6.07, 6.45) is 7.95. The summed E-state index contributed by atoms with van der Waals surface area (Å²) >= 11 is 0. The molecule has 0 amide bonds. The summed E-state index contributed by atoms with van der Waals surface area (Å²) in [5.41, 5.74) is 1.26. The highest BCUT2D eigenvalue weighted by atomic mass is 16.5. The third-order valence-electron chi connectivity index (χ3n) is 3.19. The van der Waals surface area contributed by atoms with Crippen molar-refractivity contribution in [1.29, 1.82) is 0 Å². The van der Waals surface area contributed by atoms with Crippen LogP contribution in [0.25, 0.3) is 0 Å². The highest BCUT2D eigenvalue weighted by molar-refractivity contribution is 5.88. The van der Waals surface area contributed by atoms with Gasteiger partial charge in [0.05, 0.1) is 7.11 Å². The number of nitrogens with one attached hydrogen (secondary N) is 1. The first-order chi connectivity index (χ1) is 9.63. The van der Waals surface area contributed by atoms with E-state index in [1.165, 1.54) is 32.8 Å². The zero-order valence-electron chi connectivity index (χ0n) is 12.8. The number of esters is 1. The Morgan fingerprint density at radius 3 is 2.75 bits per heavy atom. The Balaban J connectivity index is 2.20. The van der Waals surface area contributed by atoms with Crippen molar-refractivity contribution in [3.63, 3.8) is 0 Å². The van der Waals surface area contributed by atoms with Crippen molar-refractivity contribution in [2.24, 2.45) is 5.92 Å². The van der Waals surface area contributed by atoms with E-state index in [1.807, 2.05) is 6.07 Å². The van der Waals surface area contributed by atoms with Crippen LogP contribution in [0.4, 0.5) is 5.69 Å². The van der Waals surface area contributed by atoms with Gasteiger partial charge in [0.15, 0.2) is 0 Å². The van der Waals surface area contributed by atoms with E-state index in [0.29, 0.717) is 5.69 Å². The second kappa shape index (κ2) is 9.34. The number of rotatable bonds is 9. The maximum absolute atomic E-state index is 11.4. The molecule has 0 fully saturated rings. The number of methoxy groups -OCH3 is 1. The molecule has 1 aromatic heterocycles. The molecule has 4 heteroatoms. The Hall–Kier alpha value is -1.58. The minimum atomic E-state index is -0.401. The van der Waals surface area contributed by atoms with Crippen molar-refractivity contribution in [1.82, 2.24) is 4.98 Å². The van der Waals surface area contributed by atoms with E-state index in [4.69, 9.17) is 0 Å². The molecule has 0 aliphatic heterocycles. The van der Waals surface area contributed by atoms with Gasteiger partial charge in [0.1, 0.15) is 5.69 Å². The Morgan fingerprint density at radius 1 is 1.30 bits per heavy atom. The van der Waals surface area contributed by atoms with E-state index in [9.17, 15) is 4.79 Å². The molecule has 0 bridgehead atoms. The lowest BCUT2D eigenvalue weighted by atomic mass is 10.0. The van der Waals surface area contributed by atoms with Crippen LogP contribution in [0.5, 0.6) is 0 Å². The first-order valence-electron chi connectivity index (χ1n) is 7.41.